The van der Waals surface area contributed by atoms with Gasteiger partial charge in [-0.05, 0) is 19.1 Å². The third-order valence-corrected chi connectivity index (χ3v) is 0.948. The maximum Gasteiger partial charge on any atom is 0.374 e. The van der Waals surface area contributed by atoms with E-state index < -0.39 is 5.97 Å². The summed E-state index contributed by atoms with van der Waals surface area (Å²) in [5.74, 6) is -0.245. The maximum absolute atomic E-state index is 10.8. The van der Waals surface area contributed by atoms with E-state index in [1.54, 1.807) is 6.92 Å². The zero-order valence-electron chi connectivity index (χ0n) is 5.59. The summed E-state index contributed by atoms with van der Waals surface area (Å²) in [4.78, 5) is 10.8. The quantitative estimate of drug-likeness (QED) is 0.579. The number of rotatable bonds is 2. The van der Waals surface area contributed by atoms with Gasteiger partial charge in [-0.2, -0.15) is 0 Å². The molecule has 3 heteroatoms. The lowest BCUT2D eigenvalue weighted by Gasteiger charge is -1.94. The Morgan fingerprint density at radius 1 is 1.90 bits per heavy atom. The van der Waals surface area contributed by atoms with Gasteiger partial charge in [0.25, 0.3) is 0 Å². The molecular formula is C7H7O3. The highest BCUT2D eigenvalue weighted by Crippen LogP contribution is 2.00. The van der Waals surface area contributed by atoms with E-state index in [-0.39, 0.29) is 5.76 Å². The molecule has 10 heavy (non-hydrogen) atoms. The minimum absolute atomic E-state index is 0.196. The SMILES string of the molecule is CCOC(=O)c1cc[c]o1. The van der Waals surface area contributed by atoms with E-state index in [0.29, 0.717) is 6.61 Å². The van der Waals surface area contributed by atoms with Crippen LogP contribution < -0.4 is 0 Å². The van der Waals surface area contributed by atoms with Crippen LogP contribution in [0.4, 0.5) is 0 Å². The van der Waals surface area contributed by atoms with Crippen molar-refractivity contribution in [1.82, 2.24) is 0 Å². The zero-order chi connectivity index (χ0) is 7.40. The molecule has 0 saturated carbocycles. The van der Waals surface area contributed by atoms with Gasteiger partial charge < -0.3 is 9.15 Å². The number of hydrogen-bond donors (Lipinski definition) is 0. The van der Waals surface area contributed by atoms with Gasteiger partial charge in [-0.25, -0.2) is 4.79 Å². The summed E-state index contributed by atoms with van der Waals surface area (Å²) in [6.45, 7) is 2.10. The van der Waals surface area contributed by atoms with Crippen molar-refractivity contribution in [2.75, 3.05) is 6.61 Å². The fourth-order valence-corrected chi connectivity index (χ4v) is 0.553. The van der Waals surface area contributed by atoms with Gasteiger partial charge in [0, 0.05) is 0 Å². The first-order valence-corrected chi connectivity index (χ1v) is 2.97. The van der Waals surface area contributed by atoms with Gasteiger partial charge in [0.2, 0.25) is 5.76 Å². The van der Waals surface area contributed by atoms with E-state index in [1.807, 2.05) is 0 Å². The Kier molecular flexibility index (Phi) is 2.10. The molecule has 0 spiro atoms. The standard InChI is InChI=1S/C7H7O3/c1-2-9-7(8)6-4-3-5-10-6/h3-4H,2H2,1H3. The minimum Gasteiger partial charge on any atom is -0.460 e. The summed E-state index contributed by atoms with van der Waals surface area (Å²) in [6, 6.07) is 3.03. The molecule has 1 heterocycles. The second kappa shape index (κ2) is 3.06. The van der Waals surface area contributed by atoms with Crippen LogP contribution in [0.2, 0.25) is 0 Å². The monoisotopic (exact) mass is 139 g/mol. The average Bonchev–Trinajstić information content (AvgIpc) is 2.38. The Balaban J connectivity index is 2.59. The molecule has 1 aromatic heterocycles. The van der Waals surface area contributed by atoms with Crippen molar-refractivity contribution in [3.63, 3.8) is 0 Å². The van der Waals surface area contributed by atoms with Gasteiger partial charge in [-0.3, -0.25) is 0 Å². The molecule has 0 unspecified atom stereocenters. The van der Waals surface area contributed by atoms with Gasteiger partial charge in [-0.1, -0.05) is 0 Å². The van der Waals surface area contributed by atoms with Crippen molar-refractivity contribution >= 4 is 5.97 Å². The predicted molar refractivity (Wildman–Crippen MR) is 33.5 cm³/mol. The highest BCUT2D eigenvalue weighted by Gasteiger charge is 2.07. The van der Waals surface area contributed by atoms with E-state index in [4.69, 9.17) is 0 Å². The second-order valence-corrected chi connectivity index (χ2v) is 1.64. The van der Waals surface area contributed by atoms with E-state index in [1.165, 1.54) is 12.1 Å². The molecule has 0 aromatic carbocycles. The number of furan rings is 1. The van der Waals surface area contributed by atoms with Crippen LogP contribution >= 0.6 is 0 Å². The van der Waals surface area contributed by atoms with Crippen LogP contribution in [0.5, 0.6) is 0 Å². The van der Waals surface area contributed by atoms with E-state index in [9.17, 15) is 4.79 Å². The Bertz CT molecular complexity index is 201. The number of carbonyl (C=O) groups is 1. The molecular weight excluding hydrogens is 132 g/mol. The zero-order valence-corrected chi connectivity index (χ0v) is 5.59. The van der Waals surface area contributed by atoms with Crippen molar-refractivity contribution in [2.24, 2.45) is 0 Å². The van der Waals surface area contributed by atoms with E-state index in [0.717, 1.165) is 0 Å². The molecule has 0 fully saturated rings. The second-order valence-electron chi connectivity index (χ2n) is 1.64. The van der Waals surface area contributed by atoms with Crippen LogP contribution in [0.15, 0.2) is 16.5 Å². The summed E-state index contributed by atoms with van der Waals surface area (Å²) >= 11 is 0. The molecule has 1 radical (unpaired) electrons. The van der Waals surface area contributed by atoms with Crippen molar-refractivity contribution in [2.45, 2.75) is 6.92 Å². The molecule has 0 atom stereocenters. The molecule has 0 aliphatic carbocycles. The topological polar surface area (TPSA) is 39.4 Å². The van der Waals surface area contributed by atoms with Crippen LogP contribution in [0.1, 0.15) is 17.5 Å². The third kappa shape index (κ3) is 1.37. The lowest BCUT2D eigenvalue weighted by Crippen LogP contribution is -2.02. The van der Waals surface area contributed by atoms with Gasteiger partial charge in [0.15, 0.2) is 6.26 Å². The maximum atomic E-state index is 10.8. The third-order valence-electron chi connectivity index (χ3n) is 0.948. The first-order chi connectivity index (χ1) is 4.84. The van der Waals surface area contributed by atoms with Crippen molar-refractivity contribution in [3.05, 3.63) is 24.2 Å². The number of hydrogen-bond acceptors (Lipinski definition) is 3. The van der Waals surface area contributed by atoms with Crippen LogP contribution in [0.3, 0.4) is 0 Å². The highest BCUT2D eigenvalue weighted by molar-refractivity contribution is 5.86. The summed E-state index contributed by atoms with van der Waals surface area (Å²) in [5.41, 5.74) is 0. The average molecular weight is 139 g/mol. The first kappa shape index (κ1) is 6.86. The lowest BCUT2D eigenvalue weighted by molar-refractivity contribution is 0.0489. The van der Waals surface area contributed by atoms with Gasteiger partial charge in [-0.15, -0.1) is 0 Å². The summed E-state index contributed by atoms with van der Waals surface area (Å²) in [7, 11) is 0. The van der Waals surface area contributed by atoms with Crippen LogP contribution in [-0.2, 0) is 4.74 Å². The Morgan fingerprint density at radius 2 is 2.70 bits per heavy atom. The summed E-state index contributed by atoms with van der Waals surface area (Å²) < 4.78 is 9.28. The fourth-order valence-electron chi connectivity index (χ4n) is 0.553. The molecule has 0 aliphatic heterocycles. The van der Waals surface area contributed by atoms with Gasteiger partial charge >= 0.3 is 5.97 Å². The molecule has 0 bridgehead atoms. The predicted octanol–water partition coefficient (Wildman–Crippen LogP) is 1.26. The van der Waals surface area contributed by atoms with Crippen molar-refractivity contribution in [1.29, 1.82) is 0 Å². The van der Waals surface area contributed by atoms with Gasteiger partial charge in [0.1, 0.15) is 0 Å². The van der Waals surface area contributed by atoms with E-state index in [2.05, 4.69) is 15.4 Å². The number of carbonyl (C=O) groups excluding carboxylic acids is 1. The van der Waals surface area contributed by atoms with Crippen LogP contribution in [0, 0.1) is 6.26 Å². The summed E-state index contributed by atoms with van der Waals surface area (Å²) in [5, 5.41) is 0. The van der Waals surface area contributed by atoms with Crippen LogP contribution in [-0.4, -0.2) is 12.6 Å². The molecule has 1 rings (SSSR count). The lowest BCUT2D eigenvalue weighted by atomic mass is 10.5. The highest BCUT2D eigenvalue weighted by atomic mass is 16.5. The molecule has 53 valence electrons. The molecule has 0 N–H and O–H groups in total. The van der Waals surface area contributed by atoms with Gasteiger partial charge in [0.05, 0.1) is 6.61 Å². The molecule has 0 saturated heterocycles. The first-order valence-electron chi connectivity index (χ1n) is 2.97. The number of esters is 1. The minimum atomic E-state index is -0.441. The van der Waals surface area contributed by atoms with Crippen LogP contribution in [0.25, 0.3) is 0 Å². The van der Waals surface area contributed by atoms with E-state index >= 15 is 0 Å². The normalized spacial score (nSPS) is 9.30. The Hall–Kier alpha value is -1.25. The van der Waals surface area contributed by atoms with Crippen molar-refractivity contribution < 1.29 is 13.9 Å². The molecule has 1 aromatic rings. The smallest absolute Gasteiger partial charge is 0.374 e. The Labute approximate surface area is 58.6 Å². The Morgan fingerprint density at radius 3 is 3.20 bits per heavy atom. The van der Waals surface area contributed by atoms with Crippen molar-refractivity contribution in [3.8, 4) is 0 Å². The molecule has 0 amide bonds. The largest absolute Gasteiger partial charge is 0.460 e. The summed E-state index contributed by atoms with van der Waals surface area (Å²) in [6.07, 6.45) is 2.39. The fraction of sp³-hybridized carbons (Fsp3) is 0.286. The number of ether oxygens (including phenoxy) is 1. The molecule has 0 aliphatic rings. The molecule has 3 nitrogen and oxygen atoms in total.